The van der Waals surface area contributed by atoms with E-state index in [2.05, 4.69) is 38.7 Å². The van der Waals surface area contributed by atoms with E-state index >= 15 is 0 Å². The molecule has 1 aliphatic carbocycles. The van der Waals surface area contributed by atoms with Crippen molar-refractivity contribution in [1.29, 1.82) is 0 Å². The molecule has 2 aromatic carbocycles. The van der Waals surface area contributed by atoms with E-state index in [-0.39, 0.29) is 5.91 Å². The van der Waals surface area contributed by atoms with E-state index in [1.165, 1.54) is 34.4 Å². The number of aromatic nitrogens is 3. The van der Waals surface area contributed by atoms with Gasteiger partial charge in [0, 0.05) is 23.5 Å². The predicted octanol–water partition coefficient (Wildman–Crippen LogP) is 4.93. The number of methoxy groups -OCH3 is 1. The van der Waals surface area contributed by atoms with E-state index in [1.54, 1.807) is 25.6 Å². The molecule has 0 radical (unpaired) electrons. The molecular formula is C25H22N4O3S. The third kappa shape index (κ3) is 4.42. The number of aryl methyl sites for hydroxylation is 1. The van der Waals surface area contributed by atoms with Crippen LogP contribution in [-0.2, 0) is 19.4 Å². The third-order valence-electron chi connectivity index (χ3n) is 5.68. The molecule has 0 saturated heterocycles. The van der Waals surface area contributed by atoms with Crippen LogP contribution in [-0.4, -0.2) is 28.2 Å². The van der Waals surface area contributed by atoms with Crippen molar-refractivity contribution in [1.82, 2.24) is 15.2 Å². The molecule has 2 heterocycles. The van der Waals surface area contributed by atoms with E-state index in [0.29, 0.717) is 33.8 Å². The zero-order valence-corrected chi connectivity index (χ0v) is 18.9. The molecule has 0 unspecified atom stereocenters. The number of para-hydroxylation sites is 1. The second-order valence-electron chi connectivity index (χ2n) is 7.65. The Labute approximate surface area is 195 Å². The SMILES string of the molecule is COc1ccccc1-c1cnccc1C(=O)Nc1nnc(OCc2cccc3c2CCC3)s1. The molecule has 0 bridgehead atoms. The summed E-state index contributed by atoms with van der Waals surface area (Å²) in [6.07, 6.45) is 6.64. The van der Waals surface area contributed by atoms with Gasteiger partial charge in [0.2, 0.25) is 5.13 Å². The van der Waals surface area contributed by atoms with Gasteiger partial charge < -0.3 is 9.47 Å². The lowest BCUT2D eigenvalue weighted by Gasteiger charge is -2.11. The van der Waals surface area contributed by atoms with Crippen molar-refractivity contribution < 1.29 is 14.3 Å². The molecule has 0 aliphatic heterocycles. The van der Waals surface area contributed by atoms with Crippen LogP contribution >= 0.6 is 11.3 Å². The Hall–Kier alpha value is -3.78. The molecule has 0 fully saturated rings. The first-order chi connectivity index (χ1) is 16.2. The summed E-state index contributed by atoms with van der Waals surface area (Å²) < 4.78 is 11.3. The molecule has 0 spiro atoms. The molecule has 7 nitrogen and oxygen atoms in total. The summed E-state index contributed by atoms with van der Waals surface area (Å²) in [4.78, 5) is 17.2. The molecule has 5 rings (SSSR count). The molecule has 0 saturated carbocycles. The molecule has 1 aliphatic rings. The Balaban J connectivity index is 1.30. The Kier molecular flexibility index (Phi) is 5.99. The molecule has 2 aromatic heterocycles. The summed E-state index contributed by atoms with van der Waals surface area (Å²) >= 11 is 1.20. The average molecular weight is 459 g/mol. The number of fused-ring (bicyclic) bond motifs is 1. The number of pyridine rings is 1. The topological polar surface area (TPSA) is 86.2 Å². The first-order valence-electron chi connectivity index (χ1n) is 10.7. The second-order valence-corrected chi connectivity index (χ2v) is 8.59. The molecule has 33 heavy (non-hydrogen) atoms. The second kappa shape index (κ2) is 9.38. The summed E-state index contributed by atoms with van der Waals surface area (Å²) in [7, 11) is 1.60. The quantitative estimate of drug-likeness (QED) is 0.423. The highest BCUT2D eigenvalue weighted by Gasteiger charge is 2.18. The molecule has 4 aromatic rings. The minimum absolute atomic E-state index is 0.304. The number of anilines is 1. The number of nitrogens with one attached hydrogen (secondary N) is 1. The number of rotatable bonds is 7. The number of benzene rings is 2. The first kappa shape index (κ1) is 21.1. The highest BCUT2D eigenvalue weighted by molar-refractivity contribution is 7.17. The van der Waals surface area contributed by atoms with Crippen LogP contribution in [0.4, 0.5) is 5.13 Å². The van der Waals surface area contributed by atoms with Crippen LogP contribution in [0, 0.1) is 0 Å². The van der Waals surface area contributed by atoms with Crippen LogP contribution in [0.15, 0.2) is 60.9 Å². The maximum absolute atomic E-state index is 13.0. The highest BCUT2D eigenvalue weighted by atomic mass is 32.1. The minimum Gasteiger partial charge on any atom is -0.496 e. The van der Waals surface area contributed by atoms with E-state index in [4.69, 9.17) is 9.47 Å². The number of ether oxygens (including phenoxy) is 2. The fraction of sp³-hybridized carbons (Fsp3) is 0.200. The van der Waals surface area contributed by atoms with E-state index in [9.17, 15) is 4.79 Å². The molecule has 0 atom stereocenters. The van der Waals surface area contributed by atoms with Gasteiger partial charge in [-0.3, -0.25) is 15.1 Å². The van der Waals surface area contributed by atoms with Gasteiger partial charge in [0.1, 0.15) is 12.4 Å². The van der Waals surface area contributed by atoms with Gasteiger partial charge >= 0.3 is 0 Å². The fourth-order valence-corrected chi connectivity index (χ4v) is 4.72. The Morgan fingerprint density at radius 1 is 1.06 bits per heavy atom. The fourth-order valence-electron chi connectivity index (χ4n) is 4.13. The number of amides is 1. The number of nitrogens with zero attached hydrogens (tertiary/aromatic N) is 3. The molecule has 8 heteroatoms. The van der Waals surface area contributed by atoms with Gasteiger partial charge in [-0.05, 0) is 59.4 Å². The predicted molar refractivity (Wildman–Crippen MR) is 127 cm³/mol. The van der Waals surface area contributed by atoms with Crippen LogP contribution in [0.3, 0.4) is 0 Å². The summed E-state index contributed by atoms with van der Waals surface area (Å²) in [6.45, 7) is 0.439. The Morgan fingerprint density at radius 3 is 2.88 bits per heavy atom. The lowest BCUT2D eigenvalue weighted by Crippen LogP contribution is -2.13. The van der Waals surface area contributed by atoms with Crippen LogP contribution in [0.1, 0.15) is 33.5 Å². The van der Waals surface area contributed by atoms with Gasteiger partial charge in [-0.2, -0.15) is 0 Å². The summed E-state index contributed by atoms with van der Waals surface area (Å²) in [5.74, 6) is 0.362. The van der Waals surface area contributed by atoms with Crippen molar-refractivity contribution in [3.05, 3.63) is 83.2 Å². The largest absolute Gasteiger partial charge is 0.496 e. The van der Waals surface area contributed by atoms with Gasteiger partial charge in [0.25, 0.3) is 11.1 Å². The highest BCUT2D eigenvalue weighted by Crippen LogP contribution is 2.32. The van der Waals surface area contributed by atoms with Crippen LogP contribution in [0.5, 0.6) is 10.9 Å². The Bertz CT molecular complexity index is 1300. The molecule has 1 N–H and O–H groups in total. The average Bonchev–Trinajstić information content (AvgIpc) is 3.52. The number of carbonyl (C=O) groups excluding carboxylic acids is 1. The summed E-state index contributed by atoms with van der Waals surface area (Å²) in [6, 6.07) is 15.5. The van der Waals surface area contributed by atoms with Crippen molar-refractivity contribution in [2.45, 2.75) is 25.9 Å². The van der Waals surface area contributed by atoms with Gasteiger partial charge in [-0.25, -0.2) is 0 Å². The lowest BCUT2D eigenvalue weighted by molar-refractivity contribution is 0.102. The van der Waals surface area contributed by atoms with Gasteiger partial charge in [-0.15, -0.1) is 5.10 Å². The van der Waals surface area contributed by atoms with Crippen molar-refractivity contribution in [3.8, 4) is 22.1 Å². The van der Waals surface area contributed by atoms with E-state index in [1.807, 2.05) is 24.3 Å². The molecule has 1 amide bonds. The van der Waals surface area contributed by atoms with Crippen molar-refractivity contribution in [2.24, 2.45) is 0 Å². The number of hydrogen-bond acceptors (Lipinski definition) is 7. The maximum atomic E-state index is 13.0. The molecular weight excluding hydrogens is 436 g/mol. The zero-order valence-electron chi connectivity index (χ0n) is 18.1. The van der Waals surface area contributed by atoms with Gasteiger partial charge in [0.05, 0.1) is 12.7 Å². The van der Waals surface area contributed by atoms with Crippen molar-refractivity contribution in [3.63, 3.8) is 0 Å². The van der Waals surface area contributed by atoms with Gasteiger partial charge in [0.15, 0.2) is 0 Å². The molecule has 166 valence electrons. The van der Waals surface area contributed by atoms with E-state index in [0.717, 1.165) is 18.4 Å². The standard InChI is InChI=1S/C25H22N4O3S/c1-31-22-11-3-2-9-19(22)21-14-26-13-12-20(21)23(30)27-24-28-29-25(33-24)32-15-17-8-4-6-16-7-5-10-18(16)17/h2-4,6,8-9,11-14H,5,7,10,15H2,1H3,(H,27,28,30). The Morgan fingerprint density at radius 2 is 1.97 bits per heavy atom. The number of carbonyl (C=O) groups is 1. The summed E-state index contributed by atoms with van der Waals surface area (Å²) in [5, 5.41) is 11.8. The third-order valence-corrected chi connectivity index (χ3v) is 6.44. The van der Waals surface area contributed by atoms with Gasteiger partial charge in [-0.1, -0.05) is 41.5 Å². The van der Waals surface area contributed by atoms with Crippen LogP contribution in [0.25, 0.3) is 11.1 Å². The van der Waals surface area contributed by atoms with Crippen molar-refractivity contribution >= 4 is 22.4 Å². The van der Waals surface area contributed by atoms with E-state index < -0.39 is 0 Å². The van der Waals surface area contributed by atoms with Crippen molar-refractivity contribution in [2.75, 3.05) is 12.4 Å². The monoisotopic (exact) mass is 458 g/mol. The smallest absolute Gasteiger partial charge is 0.296 e. The van der Waals surface area contributed by atoms with Crippen LogP contribution < -0.4 is 14.8 Å². The maximum Gasteiger partial charge on any atom is 0.296 e. The minimum atomic E-state index is -0.304. The first-order valence-corrected chi connectivity index (χ1v) is 11.5. The zero-order chi connectivity index (χ0) is 22.6. The number of hydrogen-bond donors (Lipinski definition) is 1. The summed E-state index contributed by atoms with van der Waals surface area (Å²) in [5.41, 5.74) is 5.90. The van der Waals surface area contributed by atoms with Crippen LogP contribution in [0.2, 0.25) is 0 Å². The lowest BCUT2D eigenvalue weighted by atomic mass is 10.0. The normalized spacial score (nSPS) is 12.3.